The molecule has 0 saturated carbocycles. The van der Waals surface area contributed by atoms with Crippen LogP contribution in [0, 0.1) is 0 Å². The smallest absolute Gasteiger partial charge is 0.410 e. The summed E-state index contributed by atoms with van der Waals surface area (Å²) in [6, 6.07) is 5.23. The van der Waals surface area contributed by atoms with Crippen molar-refractivity contribution in [1.82, 2.24) is 15.2 Å². The fourth-order valence-corrected chi connectivity index (χ4v) is 1.86. The predicted molar refractivity (Wildman–Crippen MR) is 68.7 cm³/mol. The zero-order chi connectivity index (χ0) is 13.8. The van der Waals surface area contributed by atoms with Gasteiger partial charge in [-0.05, 0) is 26.0 Å². The van der Waals surface area contributed by atoms with Crippen LogP contribution in [0.1, 0.15) is 24.3 Å². The van der Waals surface area contributed by atoms with Crippen LogP contribution in [0.15, 0.2) is 24.4 Å². The molecule has 19 heavy (non-hydrogen) atoms. The van der Waals surface area contributed by atoms with E-state index in [1.165, 1.54) is 0 Å². The van der Waals surface area contributed by atoms with E-state index in [4.69, 9.17) is 4.74 Å². The first-order valence-electron chi connectivity index (χ1n) is 6.24. The Hall–Kier alpha value is -2.11. The molecule has 1 fully saturated rings. The van der Waals surface area contributed by atoms with Gasteiger partial charge in [0.15, 0.2) is 0 Å². The molecule has 1 atom stereocenters. The number of aromatic nitrogens is 1. The van der Waals surface area contributed by atoms with Crippen LogP contribution in [-0.2, 0) is 4.74 Å². The maximum absolute atomic E-state index is 11.8. The lowest BCUT2D eigenvalue weighted by Crippen LogP contribution is -2.36. The first kappa shape index (κ1) is 13.3. The van der Waals surface area contributed by atoms with Crippen molar-refractivity contribution in [3.63, 3.8) is 0 Å². The van der Waals surface area contributed by atoms with Gasteiger partial charge in [0.25, 0.3) is 5.91 Å². The summed E-state index contributed by atoms with van der Waals surface area (Å²) in [7, 11) is 0. The van der Waals surface area contributed by atoms with Gasteiger partial charge >= 0.3 is 6.09 Å². The molecule has 0 radical (unpaired) electrons. The summed E-state index contributed by atoms with van der Waals surface area (Å²) >= 11 is 0. The Morgan fingerprint density at radius 2 is 2.37 bits per heavy atom. The summed E-state index contributed by atoms with van der Waals surface area (Å²) < 4.78 is 5.17. The van der Waals surface area contributed by atoms with E-state index in [0.29, 0.717) is 18.8 Å². The lowest BCUT2D eigenvalue weighted by molar-refractivity contribution is 0.0909. The molecule has 102 valence electrons. The average Bonchev–Trinajstić information content (AvgIpc) is 2.78. The molecule has 2 heterocycles. The maximum Gasteiger partial charge on any atom is 0.410 e. The molecule has 0 spiro atoms. The van der Waals surface area contributed by atoms with Crippen molar-refractivity contribution in [1.29, 1.82) is 0 Å². The zero-order valence-electron chi connectivity index (χ0n) is 11.0. The lowest BCUT2D eigenvalue weighted by Gasteiger charge is -2.16. The molecule has 1 unspecified atom stereocenters. The Labute approximate surface area is 111 Å². The quantitative estimate of drug-likeness (QED) is 0.881. The number of nitrogens with zero attached hydrogens (tertiary/aromatic N) is 2. The van der Waals surface area contributed by atoms with Gasteiger partial charge in [-0.25, -0.2) is 4.79 Å². The van der Waals surface area contributed by atoms with Gasteiger partial charge in [-0.2, -0.15) is 0 Å². The number of carbonyl (C=O) groups excluding carboxylic acids is 2. The third-order valence-electron chi connectivity index (χ3n) is 2.91. The van der Waals surface area contributed by atoms with Crippen LogP contribution in [0.5, 0.6) is 0 Å². The standard InChI is InChI=1S/C13H17N3O3/c1-9(2)16-8-10(19-13(16)18)7-15-12(17)11-5-3-4-6-14-11/h3-6,9-10H,7-8H2,1-2H3,(H,15,17). The van der Waals surface area contributed by atoms with Crippen molar-refractivity contribution in [3.05, 3.63) is 30.1 Å². The van der Waals surface area contributed by atoms with Crippen LogP contribution in [0.4, 0.5) is 4.79 Å². The van der Waals surface area contributed by atoms with Gasteiger partial charge in [0.05, 0.1) is 13.1 Å². The third kappa shape index (κ3) is 3.21. The van der Waals surface area contributed by atoms with E-state index in [-0.39, 0.29) is 24.1 Å². The summed E-state index contributed by atoms with van der Waals surface area (Å²) in [6.07, 6.45) is 0.931. The number of pyridine rings is 1. The van der Waals surface area contributed by atoms with E-state index >= 15 is 0 Å². The van der Waals surface area contributed by atoms with Gasteiger partial charge < -0.3 is 15.0 Å². The summed E-state index contributed by atoms with van der Waals surface area (Å²) in [5, 5.41) is 2.72. The number of amides is 2. The Morgan fingerprint density at radius 1 is 1.58 bits per heavy atom. The number of cyclic esters (lactones) is 1. The molecule has 6 heteroatoms. The number of carbonyl (C=O) groups is 2. The molecular weight excluding hydrogens is 246 g/mol. The maximum atomic E-state index is 11.8. The summed E-state index contributed by atoms with van der Waals surface area (Å²) in [5.41, 5.74) is 0.354. The fraction of sp³-hybridized carbons (Fsp3) is 0.462. The van der Waals surface area contributed by atoms with Crippen LogP contribution in [0.2, 0.25) is 0 Å². The highest BCUT2D eigenvalue weighted by molar-refractivity contribution is 5.92. The molecule has 0 aromatic carbocycles. The molecule has 1 saturated heterocycles. The summed E-state index contributed by atoms with van der Waals surface area (Å²) in [6.45, 7) is 4.65. The highest BCUT2D eigenvalue weighted by atomic mass is 16.6. The Morgan fingerprint density at radius 3 is 2.95 bits per heavy atom. The van der Waals surface area contributed by atoms with Crippen molar-refractivity contribution in [2.75, 3.05) is 13.1 Å². The van der Waals surface area contributed by atoms with E-state index in [1.54, 1.807) is 29.3 Å². The first-order chi connectivity index (χ1) is 9.08. The summed E-state index contributed by atoms with van der Waals surface area (Å²) in [4.78, 5) is 28.9. The molecule has 1 aliphatic heterocycles. The fourth-order valence-electron chi connectivity index (χ4n) is 1.86. The van der Waals surface area contributed by atoms with Crippen molar-refractivity contribution in [2.45, 2.75) is 26.0 Å². The Balaban J connectivity index is 1.84. The second kappa shape index (κ2) is 5.69. The van der Waals surface area contributed by atoms with Gasteiger partial charge in [-0.3, -0.25) is 9.78 Å². The van der Waals surface area contributed by atoms with Crippen molar-refractivity contribution in [3.8, 4) is 0 Å². The first-order valence-corrected chi connectivity index (χ1v) is 6.24. The molecule has 1 N–H and O–H groups in total. The van der Waals surface area contributed by atoms with Gasteiger partial charge in [-0.15, -0.1) is 0 Å². The van der Waals surface area contributed by atoms with Crippen LogP contribution < -0.4 is 5.32 Å². The highest BCUT2D eigenvalue weighted by Crippen LogP contribution is 2.13. The Bertz CT molecular complexity index is 461. The molecule has 1 aliphatic rings. The van der Waals surface area contributed by atoms with E-state index in [1.807, 2.05) is 13.8 Å². The van der Waals surface area contributed by atoms with E-state index in [9.17, 15) is 9.59 Å². The molecule has 1 aromatic heterocycles. The van der Waals surface area contributed by atoms with Crippen LogP contribution in [-0.4, -0.2) is 47.1 Å². The molecule has 0 aliphatic carbocycles. The molecule has 2 rings (SSSR count). The Kier molecular flexibility index (Phi) is 3.99. The van der Waals surface area contributed by atoms with Crippen molar-refractivity contribution >= 4 is 12.0 Å². The topological polar surface area (TPSA) is 71.5 Å². The largest absolute Gasteiger partial charge is 0.442 e. The monoisotopic (exact) mass is 263 g/mol. The second-order valence-corrected chi connectivity index (χ2v) is 4.68. The zero-order valence-corrected chi connectivity index (χ0v) is 11.0. The minimum atomic E-state index is -0.327. The summed E-state index contributed by atoms with van der Waals surface area (Å²) in [5.74, 6) is -0.264. The minimum Gasteiger partial charge on any atom is -0.442 e. The molecule has 6 nitrogen and oxygen atoms in total. The van der Waals surface area contributed by atoms with E-state index in [2.05, 4.69) is 10.3 Å². The normalized spacial score (nSPS) is 18.6. The predicted octanol–water partition coefficient (Wildman–Crippen LogP) is 1.04. The minimum absolute atomic E-state index is 0.101. The van der Waals surface area contributed by atoms with Gasteiger partial charge in [0, 0.05) is 12.2 Å². The number of nitrogens with one attached hydrogen (secondary N) is 1. The highest BCUT2D eigenvalue weighted by Gasteiger charge is 2.32. The number of hydrogen-bond acceptors (Lipinski definition) is 4. The van der Waals surface area contributed by atoms with Crippen LogP contribution in [0.3, 0.4) is 0 Å². The number of rotatable bonds is 4. The lowest BCUT2D eigenvalue weighted by atomic mass is 10.3. The molecule has 0 bridgehead atoms. The van der Waals surface area contributed by atoms with Crippen LogP contribution >= 0.6 is 0 Å². The van der Waals surface area contributed by atoms with Gasteiger partial charge in [0.1, 0.15) is 11.8 Å². The number of ether oxygens (including phenoxy) is 1. The SMILES string of the molecule is CC(C)N1CC(CNC(=O)c2ccccn2)OC1=O. The molecule has 1 aromatic rings. The second-order valence-electron chi connectivity index (χ2n) is 4.68. The van der Waals surface area contributed by atoms with E-state index < -0.39 is 0 Å². The molecular formula is C13H17N3O3. The van der Waals surface area contributed by atoms with Gasteiger partial charge in [-0.1, -0.05) is 6.07 Å². The third-order valence-corrected chi connectivity index (χ3v) is 2.91. The van der Waals surface area contributed by atoms with E-state index in [0.717, 1.165) is 0 Å². The van der Waals surface area contributed by atoms with Gasteiger partial charge in [0.2, 0.25) is 0 Å². The van der Waals surface area contributed by atoms with Crippen molar-refractivity contribution < 1.29 is 14.3 Å². The number of hydrogen-bond donors (Lipinski definition) is 1. The molecule has 2 amide bonds. The van der Waals surface area contributed by atoms with Crippen molar-refractivity contribution in [2.24, 2.45) is 0 Å². The average molecular weight is 263 g/mol. The van der Waals surface area contributed by atoms with Crippen LogP contribution in [0.25, 0.3) is 0 Å².